The predicted molar refractivity (Wildman–Crippen MR) is 130 cm³/mol. The van der Waals surface area contributed by atoms with Crippen LogP contribution in [0.15, 0.2) is 71.6 Å². The Kier molecular flexibility index (Phi) is 8.43. The lowest BCUT2D eigenvalue weighted by molar-refractivity contribution is 0.0565. The molecule has 0 aliphatic carbocycles. The lowest BCUT2D eigenvalue weighted by Gasteiger charge is -2.24. The summed E-state index contributed by atoms with van der Waals surface area (Å²) < 4.78 is 73.0. The van der Waals surface area contributed by atoms with Crippen molar-refractivity contribution in [3.8, 4) is 5.75 Å². The predicted octanol–water partition coefficient (Wildman–Crippen LogP) is 4.66. The van der Waals surface area contributed by atoms with Gasteiger partial charge in [-0.15, -0.1) is 0 Å². The lowest BCUT2D eigenvalue weighted by Crippen LogP contribution is -2.30. The number of halogens is 3. The maximum atomic E-state index is 14.2. The van der Waals surface area contributed by atoms with Crippen molar-refractivity contribution in [1.29, 1.82) is 0 Å². The Morgan fingerprint density at radius 1 is 1.03 bits per heavy atom. The Bertz CT molecular complexity index is 1460. The van der Waals surface area contributed by atoms with Crippen molar-refractivity contribution < 1.29 is 46.2 Å². The van der Waals surface area contributed by atoms with Crippen molar-refractivity contribution in [2.24, 2.45) is 0 Å². The fraction of sp³-hybridized carbons (Fsp3) is 0.174. The van der Waals surface area contributed by atoms with Gasteiger partial charge in [0.05, 0.1) is 23.3 Å². The molecular formula is C23H21ClF2NO8PS. The van der Waals surface area contributed by atoms with E-state index in [1.807, 2.05) is 0 Å². The maximum absolute atomic E-state index is 14.2. The van der Waals surface area contributed by atoms with Crippen LogP contribution in [0.5, 0.6) is 5.75 Å². The van der Waals surface area contributed by atoms with E-state index in [9.17, 15) is 26.6 Å². The molecule has 198 valence electrons. The monoisotopic (exact) mass is 575 g/mol. The second kappa shape index (κ2) is 10.9. The van der Waals surface area contributed by atoms with Crippen molar-refractivity contribution >= 4 is 35.2 Å². The Balaban J connectivity index is 2.05. The van der Waals surface area contributed by atoms with E-state index in [4.69, 9.17) is 31.2 Å². The maximum Gasteiger partial charge on any atom is 0.399 e. The Labute approximate surface area is 216 Å². The molecule has 0 saturated carbocycles. The number of hydrogen-bond donors (Lipinski definition) is 3. The minimum Gasteiger partial charge on any atom is -0.495 e. The summed E-state index contributed by atoms with van der Waals surface area (Å²) in [6, 6.07) is 14.1. The molecule has 3 N–H and O–H groups in total. The molecule has 9 nitrogen and oxygen atoms in total. The quantitative estimate of drug-likeness (QED) is 0.296. The second-order valence-electron chi connectivity index (χ2n) is 7.83. The van der Waals surface area contributed by atoms with Crippen LogP contribution in [0.1, 0.15) is 27.0 Å². The molecule has 0 fully saturated rings. The third-order valence-electron chi connectivity index (χ3n) is 5.33. The van der Waals surface area contributed by atoms with Gasteiger partial charge in [-0.05, 0) is 41.5 Å². The smallest absolute Gasteiger partial charge is 0.399 e. The van der Waals surface area contributed by atoms with Gasteiger partial charge in [0.25, 0.3) is 0 Å². The van der Waals surface area contributed by atoms with E-state index < -0.39 is 39.8 Å². The van der Waals surface area contributed by atoms with E-state index in [0.29, 0.717) is 5.56 Å². The standard InChI is InChI=1S/C23H21ClF2NO8PS/c1-35-20-4-2-3-5-21(20)37(33,34)27(13-15-6-9-17(10-7-15)22(28)29)14-16-8-11-18(19(24)12-16)23(25,26)36(30,31)32/h2-12H,13-14H2,1H3,(H,28,29)(H2,30,31,32). The van der Waals surface area contributed by atoms with Gasteiger partial charge >= 0.3 is 19.2 Å². The molecule has 3 aromatic carbocycles. The molecule has 3 aromatic rings. The van der Waals surface area contributed by atoms with Crippen LogP contribution in [-0.2, 0) is 33.3 Å². The topological polar surface area (TPSA) is 141 Å². The number of carbonyl (C=O) groups is 1. The van der Waals surface area contributed by atoms with Gasteiger partial charge in [0, 0.05) is 13.1 Å². The summed E-state index contributed by atoms with van der Waals surface area (Å²) in [7, 11) is -8.84. The number of carboxylic acids is 1. The summed E-state index contributed by atoms with van der Waals surface area (Å²) in [5.41, 5.74) is -5.07. The minimum absolute atomic E-state index is 0.00348. The molecule has 0 heterocycles. The first-order chi connectivity index (χ1) is 17.2. The highest BCUT2D eigenvalue weighted by Gasteiger charge is 2.51. The van der Waals surface area contributed by atoms with Crippen molar-refractivity contribution in [2.75, 3.05) is 7.11 Å². The number of para-hydroxylation sites is 1. The fourth-order valence-electron chi connectivity index (χ4n) is 3.41. The van der Waals surface area contributed by atoms with Crippen LogP contribution in [0.4, 0.5) is 8.78 Å². The highest BCUT2D eigenvalue weighted by atomic mass is 35.5. The average Bonchev–Trinajstić information content (AvgIpc) is 2.83. The van der Waals surface area contributed by atoms with E-state index in [1.54, 1.807) is 6.07 Å². The highest BCUT2D eigenvalue weighted by Crippen LogP contribution is 2.60. The van der Waals surface area contributed by atoms with Crippen LogP contribution in [0, 0.1) is 0 Å². The molecule has 37 heavy (non-hydrogen) atoms. The molecule has 0 saturated heterocycles. The average molecular weight is 576 g/mol. The van der Waals surface area contributed by atoms with Crippen LogP contribution in [-0.4, -0.2) is 40.7 Å². The number of benzene rings is 3. The fourth-order valence-corrected chi connectivity index (χ4v) is 5.88. The van der Waals surface area contributed by atoms with Gasteiger partial charge < -0.3 is 19.6 Å². The molecular weight excluding hydrogens is 555 g/mol. The van der Waals surface area contributed by atoms with Gasteiger partial charge in [0.1, 0.15) is 10.6 Å². The van der Waals surface area contributed by atoms with Crippen molar-refractivity contribution in [3.05, 3.63) is 94.0 Å². The van der Waals surface area contributed by atoms with E-state index >= 15 is 0 Å². The van der Waals surface area contributed by atoms with E-state index in [0.717, 1.165) is 22.5 Å². The minimum atomic E-state index is -5.87. The molecule has 0 radical (unpaired) electrons. The van der Waals surface area contributed by atoms with Gasteiger partial charge in [-0.2, -0.15) is 13.1 Å². The van der Waals surface area contributed by atoms with E-state index in [2.05, 4.69) is 0 Å². The van der Waals surface area contributed by atoms with Crippen LogP contribution < -0.4 is 4.74 Å². The molecule has 0 amide bonds. The number of carboxylic acid groups (broad SMARTS) is 1. The first-order valence-electron chi connectivity index (χ1n) is 10.4. The molecule has 14 heteroatoms. The molecule has 0 aliphatic heterocycles. The third-order valence-corrected chi connectivity index (χ3v) is 8.45. The van der Waals surface area contributed by atoms with Gasteiger partial charge in [0.15, 0.2) is 0 Å². The number of nitrogens with zero attached hydrogens (tertiary/aromatic N) is 1. The molecule has 0 aliphatic rings. The Hall–Kier alpha value is -2.86. The molecule has 3 rings (SSSR count). The van der Waals surface area contributed by atoms with Crippen molar-refractivity contribution in [2.45, 2.75) is 23.6 Å². The van der Waals surface area contributed by atoms with Crippen LogP contribution in [0.25, 0.3) is 0 Å². The zero-order valence-corrected chi connectivity index (χ0v) is 21.6. The number of ether oxygens (including phenoxy) is 1. The summed E-state index contributed by atoms with van der Waals surface area (Å²) in [6.45, 7) is -0.610. The lowest BCUT2D eigenvalue weighted by atomic mass is 10.1. The molecule has 0 unspecified atom stereocenters. The van der Waals surface area contributed by atoms with Gasteiger partial charge in [0.2, 0.25) is 10.0 Å². The molecule has 0 atom stereocenters. The summed E-state index contributed by atoms with van der Waals surface area (Å²) in [4.78, 5) is 29.0. The van der Waals surface area contributed by atoms with Crippen LogP contribution in [0.2, 0.25) is 5.02 Å². The Morgan fingerprint density at radius 3 is 2.14 bits per heavy atom. The number of aromatic carboxylic acids is 1. The van der Waals surface area contributed by atoms with E-state index in [-0.39, 0.29) is 34.9 Å². The van der Waals surface area contributed by atoms with Crippen LogP contribution in [0.3, 0.4) is 0 Å². The SMILES string of the molecule is COc1ccccc1S(=O)(=O)N(Cc1ccc(C(=O)O)cc1)Cc1ccc(C(F)(F)P(=O)(O)O)c(Cl)c1. The highest BCUT2D eigenvalue weighted by molar-refractivity contribution is 7.89. The van der Waals surface area contributed by atoms with Gasteiger partial charge in [-0.3, -0.25) is 4.57 Å². The number of alkyl halides is 2. The largest absolute Gasteiger partial charge is 0.495 e. The molecule has 0 bridgehead atoms. The van der Waals surface area contributed by atoms with Crippen LogP contribution >= 0.6 is 19.2 Å². The summed E-state index contributed by atoms with van der Waals surface area (Å²) in [5, 5.41) is 8.45. The summed E-state index contributed by atoms with van der Waals surface area (Å²) in [6.07, 6.45) is 0. The zero-order valence-electron chi connectivity index (χ0n) is 19.1. The van der Waals surface area contributed by atoms with E-state index in [1.165, 1.54) is 49.6 Å². The number of rotatable bonds is 10. The second-order valence-corrected chi connectivity index (χ2v) is 11.8. The first-order valence-corrected chi connectivity index (χ1v) is 13.8. The van der Waals surface area contributed by atoms with Crippen molar-refractivity contribution in [3.63, 3.8) is 0 Å². The zero-order chi connectivity index (χ0) is 27.6. The van der Waals surface area contributed by atoms with Crippen molar-refractivity contribution in [1.82, 2.24) is 4.31 Å². The number of hydrogen-bond acceptors (Lipinski definition) is 5. The third kappa shape index (κ3) is 6.18. The van der Waals surface area contributed by atoms with Gasteiger partial charge in [-0.1, -0.05) is 48.0 Å². The number of methoxy groups -OCH3 is 1. The summed E-state index contributed by atoms with van der Waals surface area (Å²) >= 11 is 5.92. The molecule has 0 aromatic heterocycles. The normalized spacial score (nSPS) is 12.5. The number of sulfonamides is 1. The van der Waals surface area contributed by atoms with Gasteiger partial charge in [-0.25, -0.2) is 13.2 Å². The first kappa shape index (κ1) is 28.7. The summed E-state index contributed by atoms with van der Waals surface area (Å²) in [5.74, 6) is -1.10. The Morgan fingerprint density at radius 2 is 1.59 bits per heavy atom. The molecule has 0 spiro atoms.